The molecule has 0 saturated carbocycles. The summed E-state index contributed by atoms with van der Waals surface area (Å²) in [6, 6.07) is 15.5. The van der Waals surface area contributed by atoms with Crippen LogP contribution >= 0.6 is 0 Å². The van der Waals surface area contributed by atoms with Gasteiger partial charge in [0.05, 0.1) is 12.0 Å². The lowest BCUT2D eigenvalue weighted by Crippen LogP contribution is -2.14. The molecule has 3 aromatic rings. The number of nitrogens with one attached hydrogen (secondary N) is 1. The first-order chi connectivity index (χ1) is 13.5. The molecular formula is C23H23N3O2. The Kier molecular flexibility index (Phi) is 5.84. The Morgan fingerprint density at radius 1 is 1.11 bits per heavy atom. The van der Waals surface area contributed by atoms with E-state index >= 15 is 0 Å². The molecule has 1 aromatic heterocycles. The van der Waals surface area contributed by atoms with Crippen molar-refractivity contribution in [1.29, 1.82) is 0 Å². The molecule has 1 heterocycles. The quantitative estimate of drug-likeness (QED) is 0.634. The highest BCUT2D eigenvalue weighted by molar-refractivity contribution is 5.93. The monoisotopic (exact) mass is 373 g/mol. The molecule has 3 rings (SSSR count). The van der Waals surface area contributed by atoms with Crippen LogP contribution in [0.25, 0.3) is 11.1 Å². The number of nitrogens with zero attached hydrogens (tertiary/aromatic N) is 1. The topological polar surface area (TPSA) is 85.1 Å². The summed E-state index contributed by atoms with van der Waals surface area (Å²) in [5.41, 5.74) is 11.7. The first kappa shape index (κ1) is 19.3. The molecule has 0 atom stereocenters. The van der Waals surface area contributed by atoms with Crippen LogP contribution in [0.5, 0.6) is 0 Å². The number of aldehydes is 1. The van der Waals surface area contributed by atoms with Gasteiger partial charge in [-0.25, -0.2) is 4.98 Å². The van der Waals surface area contributed by atoms with Gasteiger partial charge in [0.15, 0.2) is 6.29 Å². The molecule has 28 heavy (non-hydrogen) atoms. The molecule has 5 nitrogen and oxygen atoms in total. The van der Waals surface area contributed by atoms with E-state index in [1.165, 1.54) is 5.56 Å². The van der Waals surface area contributed by atoms with Crippen LogP contribution in [0.4, 0.5) is 11.5 Å². The van der Waals surface area contributed by atoms with Gasteiger partial charge < -0.3 is 11.1 Å². The third kappa shape index (κ3) is 4.43. The van der Waals surface area contributed by atoms with E-state index in [4.69, 9.17) is 5.73 Å². The maximum atomic E-state index is 12.3. The molecule has 0 unspecified atom stereocenters. The molecule has 0 aliphatic heterocycles. The molecule has 0 saturated heterocycles. The largest absolute Gasteiger partial charge is 0.383 e. The normalized spacial score (nSPS) is 10.5. The predicted molar refractivity (Wildman–Crippen MR) is 112 cm³/mol. The maximum Gasteiger partial charge on any atom is 0.228 e. The third-order valence-electron chi connectivity index (χ3n) is 4.69. The SMILES string of the molecule is CCc1ccc(CC(=O)Nc2ccc(-c3cnc(N)c(C=O)c3)c(C)c2)cc1. The van der Waals surface area contributed by atoms with Crippen molar-refractivity contribution >= 4 is 23.7 Å². The maximum absolute atomic E-state index is 12.3. The van der Waals surface area contributed by atoms with Crippen LogP contribution in [0.15, 0.2) is 54.7 Å². The Balaban J connectivity index is 1.73. The second-order valence-electron chi connectivity index (χ2n) is 6.74. The van der Waals surface area contributed by atoms with E-state index in [9.17, 15) is 9.59 Å². The van der Waals surface area contributed by atoms with Crippen molar-refractivity contribution in [3.05, 3.63) is 77.0 Å². The minimum atomic E-state index is -0.0613. The molecule has 0 bridgehead atoms. The number of rotatable bonds is 6. The van der Waals surface area contributed by atoms with Gasteiger partial charge in [-0.1, -0.05) is 37.3 Å². The van der Waals surface area contributed by atoms with Crippen molar-refractivity contribution in [3.63, 3.8) is 0 Å². The smallest absolute Gasteiger partial charge is 0.228 e. The van der Waals surface area contributed by atoms with E-state index < -0.39 is 0 Å². The number of aryl methyl sites for hydroxylation is 2. The Morgan fingerprint density at radius 3 is 2.46 bits per heavy atom. The lowest BCUT2D eigenvalue weighted by Gasteiger charge is -2.11. The fourth-order valence-corrected chi connectivity index (χ4v) is 3.08. The Hall–Kier alpha value is -3.47. The summed E-state index contributed by atoms with van der Waals surface area (Å²) < 4.78 is 0. The molecule has 2 aromatic carbocycles. The van der Waals surface area contributed by atoms with Gasteiger partial charge in [0, 0.05) is 17.4 Å². The van der Waals surface area contributed by atoms with Crippen molar-refractivity contribution in [3.8, 4) is 11.1 Å². The summed E-state index contributed by atoms with van der Waals surface area (Å²) in [5.74, 6) is 0.154. The number of hydrogen-bond acceptors (Lipinski definition) is 4. The summed E-state index contributed by atoms with van der Waals surface area (Å²) in [5, 5.41) is 2.94. The van der Waals surface area contributed by atoms with Gasteiger partial charge in [-0.3, -0.25) is 9.59 Å². The molecular weight excluding hydrogens is 350 g/mol. The lowest BCUT2D eigenvalue weighted by atomic mass is 10.00. The highest BCUT2D eigenvalue weighted by atomic mass is 16.1. The number of nitrogen functional groups attached to an aromatic ring is 1. The van der Waals surface area contributed by atoms with Crippen molar-refractivity contribution in [1.82, 2.24) is 4.98 Å². The minimum absolute atomic E-state index is 0.0613. The lowest BCUT2D eigenvalue weighted by molar-refractivity contribution is -0.115. The van der Waals surface area contributed by atoms with Gasteiger partial charge in [0.25, 0.3) is 0 Å². The third-order valence-corrected chi connectivity index (χ3v) is 4.69. The number of carbonyl (C=O) groups is 2. The van der Waals surface area contributed by atoms with Crippen LogP contribution in [-0.4, -0.2) is 17.2 Å². The first-order valence-corrected chi connectivity index (χ1v) is 9.19. The standard InChI is InChI=1S/C23H23N3O2/c1-3-16-4-6-17(7-5-16)11-22(28)26-20-8-9-21(15(2)10-20)18-12-19(14-27)23(24)25-13-18/h4-10,12-14H,3,11H2,1-2H3,(H2,24,25)(H,26,28). The number of carbonyl (C=O) groups excluding carboxylic acids is 2. The van der Waals surface area contributed by atoms with E-state index in [0.29, 0.717) is 18.3 Å². The van der Waals surface area contributed by atoms with Crippen LogP contribution in [0.1, 0.15) is 34.0 Å². The Morgan fingerprint density at radius 2 is 1.82 bits per heavy atom. The van der Waals surface area contributed by atoms with Crippen LogP contribution in [0.3, 0.4) is 0 Å². The number of anilines is 2. The zero-order valence-corrected chi connectivity index (χ0v) is 16.0. The second-order valence-corrected chi connectivity index (χ2v) is 6.74. The average Bonchev–Trinajstić information content (AvgIpc) is 2.69. The van der Waals surface area contributed by atoms with Gasteiger partial charge in [0.1, 0.15) is 5.82 Å². The average molecular weight is 373 g/mol. The van der Waals surface area contributed by atoms with Crippen LogP contribution < -0.4 is 11.1 Å². The van der Waals surface area contributed by atoms with Crippen molar-refractivity contribution in [2.24, 2.45) is 0 Å². The van der Waals surface area contributed by atoms with Crippen molar-refractivity contribution < 1.29 is 9.59 Å². The second kappa shape index (κ2) is 8.48. The summed E-state index contributed by atoms with van der Waals surface area (Å²) in [7, 11) is 0. The molecule has 1 amide bonds. The number of pyridine rings is 1. The number of hydrogen-bond donors (Lipinski definition) is 2. The van der Waals surface area contributed by atoms with Crippen molar-refractivity contribution in [2.75, 3.05) is 11.1 Å². The zero-order valence-electron chi connectivity index (χ0n) is 16.0. The van der Waals surface area contributed by atoms with E-state index in [-0.39, 0.29) is 11.7 Å². The number of amides is 1. The molecule has 0 aliphatic carbocycles. The minimum Gasteiger partial charge on any atom is -0.383 e. The van der Waals surface area contributed by atoms with Gasteiger partial charge in [-0.2, -0.15) is 0 Å². The Bertz CT molecular complexity index is 1010. The summed E-state index contributed by atoms with van der Waals surface area (Å²) in [4.78, 5) is 27.5. The van der Waals surface area contributed by atoms with E-state index in [0.717, 1.165) is 34.4 Å². The molecule has 0 radical (unpaired) electrons. The zero-order chi connectivity index (χ0) is 20.1. The van der Waals surface area contributed by atoms with E-state index in [1.54, 1.807) is 12.3 Å². The number of nitrogens with two attached hydrogens (primary N) is 1. The molecule has 3 N–H and O–H groups in total. The van der Waals surface area contributed by atoms with Gasteiger partial charge >= 0.3 is 0 Å². The molecule has 0 fully saturated rings. The predicted octanol–water partition coefficient (Wildman–Crippen LogP) is 4.20. The summed E-state index contributed by atoms with van der Waals surface area (Å²) in [6.45, 7) is 4.05. The van der Waals surface area contributed by atoms with Gasteiger partial charge in [-0.15, -0.1) is 0 Å². The van der Waals surface area contributed by atoms with Gasteiger partial charge in [-0.05, 0) is 53.8 Å². The molecule has 5 heteroatoms. The number of aromatic nitrogens is 1. The van der Waals surface area contributed by atoms with E-state index in [1.807, 2.05) is 37.3 Å². The Labute approximate surface area is 164 Å². The van der Waals surface area contributed by atoms with E-state index in [2.05, 4.69) is 29.4 Å². The summed E-state index contributed by atoms with van der Waals surface area (Å²) >= 11 is 0. The van der Waals surface area contributed by atoms with Gasteiger partial charge in [0.2, 0.25) is 5.91 Å². The highest BCUT2D eigenvalue weighted by Gasteiger charge is 2.09. The highest BCUT2D eigenvalue weighted by Crippen LogP contribution is 2.27. The number of benzene rings is 2. The first-order valence-electron chi connectivity index (χ1n) is 9.19. The van der Waals surface area contributed by atoms with Crippen LogP contribution in [-0.2, 0) is 17.6 Å². The fraction of sp³-hybridized carbons (Fsp3) is 0.174. The molecule has 0 spiro atoms. The molecule has 0 aliphatic rings. The van der Waals surface area contributed by atoms with Crippen molar-refractivity contribution in [2.45, 2.75) is 26.7 Å². The fourth-order valence-electron chi connectivity index (χ4n) is 3.08. The van der Waals surface area contributed by atoms with Crippen LogP contribution in [0.2, 0.25) is 0 Å². The molecule has 142 valence electrons. The van der Waals surface area contributed by atoms with Crippen LogP contribution in [0, 0.1) is 6.92 Å². The summed E-state index contributed by atoms with van der Waals surface area (Å²) in [6.07, 6.45) is 3.65.